The maximum absolute atomic E-state index is 10.4. The minimum absolute atomic E-state index is 0.205. The Morgan fingerprint density at radius 3 is 1.80 bits per heavy atom. The zero-order chi connectivity index (χ0) is 18.2. The number of epoxide rings is 1. The molecule has 0 amide bonds. The second-order valence-electron chi connectivity index (χ2n) is 6.09. The van der Waals surface area contributed by atoms with Crippen molar-refractivity contribution in [3.8, 4) is 0 Å². The van der Waals surface area contributed by atoms with Crippen LogP contribution in [0.5, 0.6) is 0 Å². The van der Waals surface area contributed by atoms with E-state index in [1.165, 1.54) is 0 Å². The molecule has 0 aliphatic carbocycles. The highest BCUT2D eigenvalue weighted by molar-refractivity contribution is 5.66. The van der Waals surface area contributed by atoms with Gasteiger partial charge in [0, 0.05) is 6.42 Å². The lowest BCUT2D eigenvalue weighted by Crippen LogP contribution is -1.91. The quantitative estimate of drug-likeness (QED) is 0.322. The number of ether oxygens (including phenoxy) is 1. The van der Waals surface area contributed by atoms with Crippen molar-refractivity contribution in [2.45, 2.75) is 70.5 Å². The van der Waals surface area contributed by atoms with Crippen LogP contribution in [0.15, 0.2) is 60.8 Å². The second kappa shape index (κ2) is 14.5. The molecule has 0 bridgehead atoms. The Morgan fingerprint density at radius 1 is 0.800 bits per heavy atom. The summed E-state index contributed by atoms with van der Waals surface area (Å²) in [7, 11) is 0. The Kier molecular flexibility index (Phi) is 12.3. The molecule has 1 saturated heterocycles. The van der Waals surface area contributed by atoms with Crippen LogP contribution in [0.2, 0.25) is 0 Å². The lowest BCUT2D eigenvalue weighted by molar-refractivity contribution is -0.136. The van der Waals surface area contributed by atoms with E-state index in [2.05, 4.69) is 55.5 Å². The molecule has 3 heteroatoms. The van der Waals surface area contributed by atoms with Crippen LogP contribution >= 0.6 is 0 Å². The number of allylic oxidation sites excluding steroid dienone is 8. The van der Waals surface area contributed by atoms with Crippen LogP contribution in [0, 0.1) is 0 Å². The predicted molar refractivity (Wildman–Crippen MR) is 105 cm³/mol. The van der Waals surface area contributed by atoms with Crippen molar-refractivity contribution in [2.75, 3.05) is 0 Å². The van der Waals surface area contributed by atoms with Crippen molar-refractivity contribution < 1.29 is 14.6 Å². The largest absolute Gasteiger partial charge is 0.481 e. The highest BCUT2D eigenvalue weighted by Crippen LogP contribution is 2.29. The molecule has 0 saturated carbocycles. The number of hydrogen-bond donors (Lipinski definition) is 1. The SMILES string of the molecule is CC/C=C\C/C=C\C/C=C\C[C@H]1O[C@@H]1C/C=C\C/C=C\CCC(=O)O. The van der Waals surface area contributed by atoms with E-state index in [0.29, 0.717) is 18.6 Å². The van der Waals surface area contributed by atoms with Gasteiger partial charge in [-0.2, -0.15) is 0 Å². The monoisotopic (exact) mass is 344 g/mol. The Bertz CT molecular complexity index is 497. The van der Waals surface area contributed by atoms with Crippen LogP contribution in [0.25, 0.3) is 0 Å². The maximum atomic E-state index is 10.4. The minimum atomic E-state index is -0.744. The molecule has 1 rings (SSSR count). The van der Waals surface area contributed by atoms with Gasteiger partial charge in [-0.1, -0.05) is 67.7 Å². The molecule has 1 N–H and O–H groups in total. The van der Waals surface area contributed by atoms with Crippen LogP contribution in [0.3, 0.4) is 0 Å². The van der Waals surface area contributed by atoms with Crippen molar-refractivity contribution in [1.82, 2.24) is 0 Å². The first-order valence-electron chi connectivity index (χ1n) is 9.36. The van der Waals surface area contributed by atoms with Gasteiger partial charge in [0.2, 0.25) is 0 Å². The molecule has 1 heterocycles. The molecule has 1 fully saturated rings. The predicted octanol–water partition coefficient (Wildman–Crippen LogP) is 5.76. The lowest BCUT2D eigenvalue weighted by atomic mass is 10.1. The van der Waals surface area contributed by atoms with E-state index < -0.39 is 5.97 Å². The molecule has 138 valence electrons. The summed E-state index contributed by atoms with van der Waals surface area (Å²) < 4.78 is 5.65. The molecule has 1 aliphatic rings. The first-order chi connectivity index (χ1) is 12.2. The van der Waals surface area contributed by atoms with Crippen molar-refractivity contribution in [3.05, 3.63) is 60.8 Å². The highest BCUT2D eigenvalue weighted by Gasteiger charge is 2.35. The van der Waals surface area contributed by atoms with Gasteiger partial charge in [0.25, 0.3) is 0 Å². The van der Waals surface area contributed by atoms with Gasteiger partial charge in [0.15, 0.2) is 0 Å². The van der Waals surface area contributed by atoms with Gasteiger partial charge in [-0.05, 0) is 44.9 Å². The number of carbonyl (C=O) groups is 1. The molecular weight excluding hydrogens is 312 g/mol. The number of hydrogen-bond acceptors (Lipinski definition) is 2. The summed E-state index contributed by atoms with van der Waals surface area (Å²) in [5, 5.41) is 8.52. The molecule has 2 atom stereocenters. The molecular formula is C22H32O3. The minimum Gasteiger partial charge on any atom is -0.481 e. The highest BCUT2D eigenvalue weighted by atomic mass is 16.6. The topological polar surface area (TPSA) is 49.8 Å². The average Bonchev–Trinajstić information content (AvgIpc) is 3.34. The normalized spacial score (nSPS) is 20.8. The summed E-state index contributed by atoms with van der Waals surface area (Å²) in [6.07, 6.45) is 28.9. The maximum Gasteiger partial charge on any atom is 0.303 e. The Balaban J connectivity index is 1.97. The van der Waals surface area contributed by atoms with Crippen molar-refractivity contribution in [3.63, 3.8) is 0 Å². The zero-order valence-electron chi connectivity index (χ0n) is 15.3. The number of rotatable bonds is 14. The van der Waals surface area contributed by atoms with E-state index in [-0.39, 0.29) is 6.42 Å². The van der Waals surface area contributed by atoms with Gasteiger partial charge >= 0.3 is 5.97 Å². The van der Waals surface area contributed by atoms with Crippen LogP contribution in [0.4, 0.5) is 0 Å². The van der Waals surface area contributed by atoms with E-state index >= 15 is 0 Å². The molecule has 0 aromatic heterocycles. The van der Waals surface area contributed by atoms with Crippen molar-refractivity contribution in [1.29, 1.82) is 0 Å². The van der Waals surface area contributed by atoms with Gasteiger partial charge in [-0.15, -0.1) is 0 Å². The average molecular weight is 344 g/mol. The van der Waals surface area contributed by atoms with E-state index in [4.69, 9.17) is 9.84 Å². The molecule has 25 heavy (non-hydrogen) atoms. The zero-order valence-corrected chi connectivity index (χ0v) is 15.3. The smallest absolute Gasteiger partial charge is 0.303 e. The van der Waals surface area contributed by atoms with E-state index in [1.807, 2.05) is 12.2 Å². The summed E-state index contributed by atoms with van der Waals surface area (Å²) in [4.78, 5) is 10.4. The third kappa shape index (κ3) is 13.1. The van der Waals surface area contributed by atoms with Crippen LogP contribution in [-0.2, 0) is 9.53 Å². The second-order valence-corrected chi connectivity index (χ2v) is 6.09. The molecule has 0 unspecified atom stereocenters. The Labute approximate surface area is 152 Å². The molecule has 0 aromatic rings. The summed E-state index contributed by atoms with van der Waals surface area (Å²) in [6.45, 7) is 2.15. The fourth-order valence-electron chi connectivity index (χ4n) is 2.36. The van der Waals surface area contributed by atoms with E-state index in [0.717, 1.165) is 38.5 Å². The van der Waals surface area contributed by atoms with Gasteiger partial charge in [0.05, 0.1) is 12.2 Å². The summed E-state index contributed by atoms with van der Waals surface area (Å²) >= 11 is 0. The van der Waals surface area contributed by atoms with Crippen molar-refractivity contribution >= 4 is 5.97 Å². The van der Waals surface area contributed by atoms with Gasteiger partial charge in [-0.3, -0.25) is 4.79 Å². The number of carboxylic acids is 1. The van der Waals surface area contributed by atoms with Crippen LogP contribution in [0.1, 0.15) is 58.3 Å². The molecule has 0 spiro atoms. The lowest BCUT2D eigenvalue weighted by Gasteiger charge is -1.88. The fourth-order valence-corrected chi connectivity index (χ4v) is 2.36. The summed E-state index contributed by atoms with van der Waals surface area (Å²) in [6, 6.07) is 0. The summed E-state index contributed by atoms with van der Waals surface area (Å²) in [5.74, 6) is -0.744. The first kappa shape index (κ1) is 21.2. The molecule has 3 nitrogen and oxygen atoms in total. The summed E-state index contributed by atoms with van der Waals surface area (Å²) in [5.41, 5.74) is 0. The number of carboxylic acid groups (broad SMARTS) is 1. The Morgan fingerprint density at radius 2 is 1.28 bits per heavy atom. The van der Waals surface area contributed by atoms with Gasteiger partial charge in [0.1, 0.15) is 0 Å². The van der Waals surface area contributed by atoms with E-state index in [9.17, 15) is 4.79 Å². The standard InChI is InChI=1S/C22H32O3/c1-2-3-4-5-6-7-8-11-14-17-20-21(25-20)18-15-12-9-10-13-16-19-22(23)24/h3-4,6-7,10-15,20-21H,2,5,8-9,16-19H2,1H3,(H,23,24)/b4-3-,7-6-,13-10-,14-11-,15-12-/t20-,21-/m1/s1. The Hall–Kier alpha value is -1.87. The fraction of sp³-hybridized carbons (Fsp3) is 0.500. The van der Waals surface area contributed by atoms with Crippen LogP contribution < -0.4 is 0 Å². The van der Waals surface area contributed by atoms with Crippen LogP contribution in [-0.4, -0.2) is 23.3 Å². The van der Waals surface area contributed by atoms with Gasteiger partial charge < -0.3 is 9.84 Å². The molecule has 0 radical (unpaired) electrons. The van der Waals surface area contributed by atoms with Crippen molar-refractivity contribution in [2.24, 2.45) is 0 Å². The molecule has 1 aliphatic heterocycles. The third-order valence-electron chi connectivity index (χ3n) is 3.83. The third-order valence-corrected chi connectivity index (χ3v) is 3.83. The molecule has 0 aromatic carbocycles. The number of aliphatic carboxylic acids is 1. The first-order valence-corrected chi connectivity index (χ1v) is 9.36. The van der Waals surface area contributed by atoms with Gasteiger partial charge in [-0.25, -0.2) is 0 Å². The van der Waals surface area contributed by atoms with E-state index in [1.54, 1.807) is 0 Å².